The van der Waals surface area contributed by atoms with Gasteiger partial charge in [-0.3, -0.25) is 0 Å². The Kier molecular flexibility index (Phi) is 3.53. The fourth-order valence-electron chi connectivity index (χ4n) is 1.55. The molecular weight excluding hydrogens is 230 g/mol. The highest BCUT2D eigenvalue weighted by Crippen LogP contribution is 2.39. The molecule has 1 aromatic carbocycles. The second kappa shape index (κ2) is 4.91. The van der Waals surface area contributed by atoms with Gasteiger partial charge in [-0.25, -0.2) is 0 Å². The molecule has 2 rings (SSSR count). The minimum Gasteiger partial charge on any atom is -0.454 e. The average Bonchev–Trinajstić information content (AvgIpc) is 2.65. The highest BCUT2D eigenvalue weighted by molar-refractivity contribution is 6.32. The number of fused-ring (bicyclic) bond motifs is 1. The van der Waals surface area contributed by atoms with Crippen LogP contribution in [0, 0.1) is 0 Å². The second-order valence-corrected chi connectivity index (χ2v) is 4.20. The van der Waals surface area contributed by atoms with Crippen molar-refractivity contribution in [2.24, 2.45) is 0 Å². The number of benzene rings is 1. The fraction of sp³-hybridized carbons (Fsp3) is 0.455. The summed E-state index contributed by atoms with van der Waals surface area (Å²) in [4.78, 5) is 0. The van der Waals surface area contributed by atoms with Gasteiger partial charge in [-0.05, 0) is 24.6 Å². The van der Waals surface area contributed by atoms with Crippen molar-refractivity contribution < 1.29 is 14.6 Å². The number of halogens is 1. The summed E-state index contributed by atoms with van der Waals surface area (Å²) in [5.74, 6) is 1.29. The third-order valence-corrected chi connectivity index (χ3v) is 2.54. The average molecular weight is 244 g/mol. The van der Waals surface area contributed by atoms with E-state index in [0.717, 1.165) is 5.56 Å². The minimum atomic E-state index is -0.357. The number of hydrogen-bond acceptors (Lipinski definition) is 4. The third-order valence-electron chi connectivity index (χ3n) is 2.26. The van der Waals surface area contributed by atoms with E-state index in [1.165, 1.54) is 0 Å². The molecule has 0 amide bonds. The van der Waals surface area contributed by atoms with Gasteiger partial charge in [0.25, 0.3) is 0 Å². The van der Waals surface area contributed by atoms with E-state index >= 15 is 0 Å². The van der Waals surface area contributed by atoms with Crippen LogP contribution in [0.25, 0.3) is 0 Å². The number of aliphatic hydroxyl groups excluding tert-OH is 1. The van der Waals surface area contributed by atoms with Crippen LogP contribution < -0.4 is 14.8 Å². The molecule has 0 saturated heterocycles. The quantitative estimate of drug-likeness (QED) is 0.842. The maximum atomic E-state index is 9.11. The van der Waals surface area contributed by atoms with Crippen molar-refractivity contribution in [3.8, 4) is 11.5 Å². The van der Waals surface area contributed by atoms with Crippen molar-refractivity contribution in [2.75, 3.05) is 13.3 Å². The lowest BCUT2D eigenvalue weighted by molar-refractivity contribution is 0.174. The molecule has 0 aromatic heterocycles. The summed E-state index contributed by atoms with van der Waals surface area (Å²) < 4.78 is 10.5. The Balaban J connectivity index is 2.03. The van der Waals surface area contributed by atoms with Crippen molar-refractivity contribution in [2.45, 2.75) is 19.6 Å². The SMILES string of the molecule is CC(O)CNCc1cc(Cl)c2c(c1)OCO2. The van der Waals surface area contributed by atoms with Crippen LogP contribution in [-0.2, 0) is 6.54 Å². The molecule has 0 spiro atoms. The van der Waals surface area contributed by atoms with E-state index in [1.807, 2.05) is 12.1 Å². The van der Waals surface area contributed by atoms with Crippen LogP contribution in [0.15, 0.2) is 12.1 Å². The molecule has 1 aromatic rings. The Morgan fingerprint density at radius 3 is 3.06 bits per heavy atom. The van der Waals surface area contributed by atoms with Crippen LogP contribution in [0.2, 0.25) is 5.02 Å². The van der Waals surface area contributed by atoms with Gasteiger partial charge < -0.3 is 19.9 Å². The molecule has 0 fully saturated rings. The molecule has 88 valence electrons. The summed E-state index contributed by atoms with van der Waals surface area (Å²) in [5, 5.41) is 12.8. The monoisotopic (exact) mass is 243 g/mol. The zero-order valence-corrected chi connectivity index (χ0v) is 9.75. The number of hydrogen-bond donors (Lipinski definition) is 2. The van der Waals surface area contributed by atoms with E-state index in [2.05, 4.69) is 5.32 Å². The van der Waals surface area contributed by atoms with Crippen LogP contribution >= 0.6 is 11.6 Å². The zero-order valence-electron chi connectivity index (χ0n) is 9.00. The van der Waals surface area contributed by atoms with E-state index in [4.69, 9.17) is 26.2 Å². The van der Waals surface area contributed by atoms with Crippen molar-refractivity contribution in [1.82, 2.24) is 5.32 Å². The van der Waals surface area contributed by atoms with Gasteiger partial charge in [-0.1, -0.05) is 11.6 Å². The van der Waals surface area contributed by atoms with Crippen molar-refractivity contribution in [1.29, 1.82) is 0 Å². The first kappa shape index (κ1) is 11.5. The van der Waals surface area contributed by atoms with Gasteiger partial charge in [0.1, 0.15) is 0 Å². The van der Waals surface area contributed by atoms with Gasteiger partial charge in [0, 0.05) is 13.1 Å². The number of rotatable bonds is 4. The molecule has 1 atom stereocenters. The number of ether oxygens (including phenoxy) is 2. The molecule has 5 heteroatoms. The summed E-state index contributed by atoms with van der Waals surface area (Å²) in [6.07, 6.45) is -0.357. The fourth-order valence-corrected chi connectivity index (χ4v) is 1.84. The molecular formula is C11H14ClNO3. The summed E-state index contributed by atoms with van der Waals surface area (Å²) in [7, 11) is 0. The van der Waals surface area contributed by atoms with Crippen molar-refractivity contribution in [3.63, 3.8) is 0 Å². The maximum absolute atomic E-state index is 9.11. The highest BCUT2D eigenvalue weighted by Gasteiger charge is 2.17. The molecule has 1 aliphatic heterocycles. The maximum Gasteiger partial charge on any atom is 0.231 e. The smallest absolute Gasteiger partial charge is 0.231 e. The Hall–Kier alpha value is -0.970. The summed E-state index contributed by atoms with van der Waals surface area (Å²) in [6.45, 7) is 3.15. The van der Waals surface area contributed by atoms with Crippen molar-refractivity contribution in [3.05, 3.63) is 22.7 Å². The van der Waals surface area contributed by atoms with Crippen LogP contribution in [-0.4, -0.2) is 24.5 Å². The van der Waals surface area contributed by atoms with Gasteiger partial charge in [-0.2, -0.15) is 0 Å². The molecule has 0 saturated carbocycles. The Bertz CT molecular complexity index is 382. The molecule has 0 aliphatic carbocycles. The van der Waals surface area contributed by atoms with Gasteiger partial charge in [0.15, 0.2) is 11.5 Å². The molecule has 0 bridgehead atoms. The normalized spacial score (nSPS) is 15.2. The molecule has 1 aliphatic rings. The summed E-state index contributed by atoms with van der Waals surface area (Å²) >= 11 is 6.03. The van der Waals surface area contributed by atoms with E-state index in [0.29, 0.717) is 29.6 Å². The van der Waals surface area contributed by atoms with E-state index in [1.54, 1.807) is 6.92 Å². The third kappa shape index (κ3) is 2.58. The summed E-state index contributed by atoms with van der Waals surface area (Å²) in [5.41, 5.74) is 1.01. The predicted molar refractivity (Wildman–Crippen MR) is 61.0 cm³/mol. The lowest BCUT2D eigenvalue weighted by Gasteiger charge is -2.08. The molecule has 16 heavy (non-hydrogen) atoms. The lowest BCUT2D eigenvalue weighted by Crippen LogP contribution is -2.23. The molecule has 0 radical (unpaired) electrons. The van der Waals surface area contributed by atoms with Gasteiger partial charge in [-0.15, -0.1) is 0 Å². The van der Waals surface area contributed by atoms with Crippen LogP contribution in [0.3, 0.4) is 0 Å². The summed E-state index contributed by atoms with van der Waals surface area (Å²) in [6, 6.07) is 3.73. The number of aliphatic hydroxyl groups is 1. The molecule has 1 unspecified atom stereocenters. The van der Waals surface area contributed by atoms with Crippen LogP contribution in [0.5, 0.6) is 11.5 Å². The second-order valence-electron chi connectivity index (χ2n) is 3.79. The molecule has 1 heterocycles. The topological polar surface area (TPSA) is 50.7 Å². The Morgan fingerprint density at radius 2 is 2.31 bits per heavy atom. The van der Waals surface area contributed by atoms with E-state index in [-0.39, 0.29) is 12.9 Å². The largest absolute Gasteiger partial charge is 0.454 e. The van der Waals surface area contributed by atoms with Gasteiger partial charge in [0.2, 0.25) is 6.79 Å². The first-order chi connectivity index (χ1) is 7.66. The van der Waals surface area contributed by atoms with Gasteiger partial charge in [0.05, 0.1) is 11.1 Å². The van der Waals surface area contributed by atoms with E-state index < -0.39 is 0 Å². The standard InChI is InChI=1S/C11H14ClNO3/c1-7(14)4-13-5-8-2-9(12)11-10(3-8)15-6-16-11/h2-3,7,13-14H,4-6H2,1H3. The van der Waals surface area contributed by atoms with Crippen molar-refractivity contribution >= 4 is 11.6 Å². The van der Waals surface area contributed by atoms with Crippen LogP contribution in [0.1, 0.15) is 12.5 Å². The molecule has 2 N–H and O–H groups in total. The van der Waals surface area contributed by atoms with Gasteiger partial charge >= 0.3 is 0 Å². The Morgan fingerprint density at radius 1 is 1.50 bits per heavy atom. The predicted octanol–water partition coefficient (Wildman–Crippen LogP) is 1.54. The Labute approximate surface area is 99.1 Å². The van der Waals surface area contributed by atoms with E-state index in [9.17, 15) is 0 Å². The zero-order chi connectivity index (χ0) is 11.5. The minimum absolute atomic E-state index is 0.222. The first-order valence-corrected chi connectivity index (χ1v) is 5.51. The lowest BCUT2D eigenvalue weighted by atomic mass is 10.2. The number of nitrogens with one attached hydrogen (secondary N) is 1. The highest BCUT2D eigenvalue weighted by atomic mass is 35.5. The van der Waals surface area contributed by atoms with Crippen LogP contribution in [0.4, 0.5) is 0 Å². The first-order valence-electron chi connectivity index (χ1n) is 5.13. The molecule has 4 nitrogen and oxygen atoms in total.